The van der Waals surface area contributed by atoms with Gasteiger partial charge in [-0.3, -0.25) is 15.0 Å². The van der Waals surface area contributed by atoms with Crippen molar-refractivity contribution in [3.63, 3.8) is 0 Å². The Bertz CT molecular complexity index is 636. The summed E-state index contributed by atoms with van der Waals surface area (Å²) < 4.78 is 0. The lowest BCUT2D eigenvalue weighted by molar-refractivity contribution is -0.115. The van der Waals surface area contributed by atoms with Gasteiger partial charge in [0.15, 0.2) is 0 Å². The molecule has 0 radical (unpaired) electrons. The fourth-order valence-corrected chi connectivity index (χ4v) is 2.41. The van der Waals surface area contributed by atoms with Gasteiger partial charge in [-0.05, 0) is 19.2 Å². The first-order valence-electron chi connectivity index (χ1n) is 7.12. The van der Waals surface area contributed by atoms with Crippen LogP contribution < -0.4 is 10.2 Å². The van der Waals surface area contributed by atoms with Crippen molar-refractivity contribution in [1.29, 1.82) is 0 Å². The average molecular weight is 302 g/mol. The van der Waals surface area contributed by atoms with E-state index in [2.05, 4.69) is 32.1 Å². The molecule has 3 heterocycles. The largest absolute Gasteiger partial charge is 0.338 e. The van der Waals surface area contributed by atoms with E-state index in [1.807, 2.05) is 0 Å². The van der Waals surface area contributed by atoms with Gasteiger partial charge < -0.3 is 9.80 Å². The molecule has 22 heavy (non-hydrogen) atoms. The van der Waals surface area contributed by atoms with Crippen LogP contribution in [0.25, 0.3) is 6.08 Å². The van der Waals surface area contributed by atoms with Crippen molar-refractivity contribution in [2.75, 3.05) is 45.2 Å². The van der Waals surface area contributed by atoms with Crippen molar-refractivity contribution in [2.45, 2.75) is 0 Å². The molecule has 1 N–H and O–H groups in total. The number of imide groups is 1. The molecule has 116 valence electrons. The van der Waals surface area contributed by atoms with E-state index in [9.17, 15) is 9.59 Å². The zero-order chi connectivity index (χ0) is 15.7. The number of anilines is 1. The molecule has 8 nitrogen and oxygen atoms in total. The van der Waals surface area contributed by atoms with Crippen LogP contribution in [0.5, 0.6) is 0 Å². The highest BCUT2D eigenvalue weighted by molar-refractivity contribution is 6.13. The number of hydrogen-bond acceptors (Lipinski definition) is 6. The minimum Gasteiger partial charge on any atom is -0.338 e. The van der Waals surface area contributed by atoms with Crippen LogP contribution in [0.1, 0.15) is 5.69 Å². The quantitative estimate of drug-likeness (QED) is 0.599. The Kier molecular flexibility index (Phi) is 3.76. The summed E-state index contributed by atoms with van der Waals surface area (Å²) in [5.41, 5.74) is 0.892. The lowest BCUT2D eigenvalue weighted by atomic mass is 10.3. The third-order valence-corrected chi connectivity index (χ3v) is 3.85. The summed E-state index contributed by atoms with van der Waals surface area (Å²) in [6, 6.07) is 1.29. The number of nitrogens with zero attached hydrogens (tertiary/aromatic N) is 5. The van der Waals surface area contributed by atoms with Gasteiger partial charge in [0.2, 0.25) is 5.95 Å². The monoisotopic (exact) mass is 302 g/mol. The molecule has 0 saturated carbocycles. The molecule has 0 bridgehead atoms. The highest BCUT2D eigenvalue weighted by Crippen LogP contribution is 2.16. The van der Waals surface area contributed by atoms with Gasteiger partial charge in [-0.15, -0.1) is 0 Å². The van der Waals surface area contributed by atoms with Crippen LogP contribution in [0.2, 0.25) is 0 Å². The van der Waals surface area contributed by atoms with Gasteiger partial charge in [0, 0.05) is 39.4 Å². The predicted molar refractivity (Wildman–Crippen MR) is 81.0 cm³/mol. The molecule has 3 rings (SSSR count). The van der Waals surface area contributed by atoms with E-state index in [-0.39, 0.29) is 5.70 Å². The normalized spacial score (nSPS) is 21.6. The maximum Gasteiger partial charge on any atom is 0.328 e. The third-order valence-electron chi connectivity index (χ3n) is 3.85. The molecular formula is C14H18N6O2. The van der Waals surface area contributed by atoms with E-state index in [0.29, 0.717) is 11.6 Å². The minimum atomic E-state index is -0.426. The van der Waals surface area contributed by atoms with Gasteiger partial charge in [0.25, 0.3) is 5.91 Å². The number of amides is 3. The second-order valence-corrected chi connectivity index (χ2v) is 5.42. The molecule has 2 saturated heterocycles. The van der Waals surface area contributed by atoms with Crippen molar-refractivity contribution in [2.24, 2.45) is 0 Å². The topological polar surface area (TPSA) is 81.7 Å². The number of carbonyl (C=O) groups excluding carboxylic acids is 2. The molecule has 0 atom stereocenters. The standard InChI is InChI=1S/C14H18N6O2/c1-18-5-7-20(8-6-18)13-15-4-3-10(16-13)9-11-12(21)17-14(22)19(11)2/h3-4,9H,5-8H2,1-2H3,(H,17,21,22). The molecule has 3 amide bonds. The number of carbonyl (C=O) groups is 2. The zero-order valence-electron chi connectivity index (χ0n) is 12.6. The number of nitrogens with one attached hydrogen (secondary N) is 1. The predicted octanol–water partition coefficient (Wildman–Crippen LogP) is -0.249. The number of hydrogen-bond donors (Lipinski definition) is 1. The van der Waals surface area contributed by atoms with Crippen molar-refractivity contribution < 1.29 is 9.59 Å². The highest BCUT2D eigenvalue weighted by Gasteiger charge is 2.29. The molecule has 0 unspecified atom stereocenters. The maximum absolute atomic E-state index is 11.7. The first-order chi connectivity index (χ1) is 10.5. The van der Waals surface area contributed by atoms with Crippen LogP contribution in [0.15, 0.2) is 18.0 Å². The lowest BCUT2D eigenvalue weighted by Gasteiger charge is -2.32. The fraction of sp³-hybridized carbons (Fsp3) is 0.429. The van der Waals surface area contributed by atoms with E-state index in [4.69, 9.17) is 0 Å². The molecular weight excluding hydrogens is 284 g/mol. The summed E-state index contributed by atoms with van der Waals surface area (Å²) in [6.07, 6.45) is 3.27. The molecule has 2 fully saturated rings. The van der Waals surface area contributed by atoms with Crippen LogP contribution in [-0.2, 0) is 4.79 Å². The number of piperazine rings is 1. The van der Waals surface area contributed by atoms with Crippen molar-refractivity contribution in [3.8, 4) is 0 Å². The number of likely N-dealkylation sites (N-methyl/N-ethyl adjacent to an activating group) is 2. The molecule has 0 aliphatic carbocycles. The zero-order valence-corrected chi connectivity index (χ0v) is 12.6. The Hall–Kier alpha value is -2.48. The molecule has 2 aliphatic rings. The first kappa shape index (κ1) is 14.5. The van der Waals surface area contributed by atoms with Crippen LogP contribution in [0.3, 0.4) is 0 Å². The fourth-order valence-electron chi connectivity index (χ4n) is 2.41. The number of rotatable bonds is 2. The first-order valence-corrected chi connectivity index (χ1v) is 7.12. The summed E-state index contributed by atoms with van der Waals surface area (Å²) >= 11 is 0. The summed E-state index contributed by atoms with van der Waals surface area (Å²) in [4.78, 5) is 37.6. The molecule has 1 aromatic rings. The van der Waals surface area contributed by atoms with Crippen molar-refractivity contribution in [3.05, 3.63) is 23.7 Å². The van der Waals surface area contributed by atoms with Crippen LogP contribution in [0, 0.1) is 0 Å². The Morgan fingerprint density at radius 1 is 1.18 bits per heavy atom. The lowest BCUT2D eigenvalue weighted by Crippen LogP contribution is -2.45. The van der Waals surface area contributed by atoms with Gasteiger partial charge in [0.1, 0.15) is 5.70 Å². The summed E-state index contributed by atoms with van der Waals surface area (Å²) in [5, 5.41) is 2.24. The van der Waals surface area contributed by atoms with Gasteiger partial charge in [0.05, 0.1) is 5.69 Å². The van der Waals surface area contributed by atoms with E-state index in [1.165, 1.54) is 4.90 Å². The van der Waals surface area contributed by atoms with Gasteiger partial charge in [-0.1, -0.05) is 0 Å². The second kappa shape index (κ2) is 5.72. The van der Waals surface area contributed by atoms with E-state index in [0.717, 1.165) is 26.2 Å². The average Bonchev–Trinajstić information content (AvgIpc) is 2.75. The number of aromatic nitrogens is 2. The van der Waals surface area contributed by atoms with E-state index in [1.54, 1.807) is 25.4 Å². The summed E-state index contributed by atoms with van der Waals surface area (Å²) in [6.45, 7) is 3.67. The Balaban J connectivity index is 1.83. The van der Waals surface area contributed by atoms with Crippen LogP contribution in [-0.4, -0.2) is 72.0 Å². The summed E-state index contributed by atoms with van der Waals surface area (Å²) in [5.74, 6) is 0.238. The molecule has 8 heteroatoms. The highest BCUT2D eigenvalue weighted by atomic mass is 16.2. The van der Waals surface area contributed by atoms with Crippen molar-refractivity contribution in [1.82, 2.24) is 25.1 Å². The van der Waals surface area contributed by atoms with Gasteiger partial charge >= 0.3 is 6.03 Å². The Morgan fingerprint density at radius 3 is 2.55 bits per heavy atom. The molecule has 0 aromatic carbocycles. The van der Waals surface area contributed by atoms with Gasteiger partial charge in [-0.2, -0.15) is 0 Å². The molecule has 2 aliphatic heterocycles. The van der Waals surface area contributed by atoms with Gasteiger partial charge in [-0.25, -0.2) is 14.8 Å². The van der Waals surface area contributed by atoms with Crippen LogP contribution >= 0.6 is 0 Å². The van der Waals surface area contributed by atoms with E-state index < -0.39 is 11.9 Å². The number of urea groups is 1. The molecule has 1 aromatic heterocycles. The summed E-state index contributed by atoms with van der Waals surface area (Å²) in [7, 11) is 3.64. The van der Waals surface area contributed by atoms with Crippen molar-refractivity contribution >= 4 is 24.0 Å². The minimum absolute atomic E-state index is 0.285. The Morgan fingerprint density at radius 2 is 1.91 bits per heavy atom. The van der Waals surface area contributed by atoms with E-state index >= 15 is 0 Å². The third kappa shape index (κ3) is 2.77. The maximum atomic E-state index is 11.7. The second-order valence-electron chi connectivity index (χ2n) is 5.42. The van der Waals surface area contributed by atoms with Crippen LogP contribution in [0.4, 0.5) is 10.7 Å². The SMILES string of the molecule is CN1CCN(c2nccc(C=C3C(=O)NC(=O)N3C)n2)CC1. The molecule has 0 spiro atoms. The Labute approximate surface area is 128 Å². The smallest absolute Gasteiger partial charge is 0.328 e.